The highest BCUT2D eigenvalue weighted by Crippen LogP contribution is 2.37. The number of carbonyl (C=O) groups is 2. The van der Waals surface area contributed by atoms with Gasteiger partial charge in [-0.1, -0.05) is 13.0 Å². The van der Waals surface area contributed by atoms with E-state index in [9.17, 15) is 22.8 Å². The lowest BCUT2D eigenvalue weighted by Crippen LogP contribution is -2.45. The molecular weight excluding hydrogens is 337 g/mol. The highest BCUT2D eigenvalue weighted by molar-refractivity contribution is 5.93. The van der Waals surface area contributed by atoms with Crippen molar-refractivity contribution in [2.75, 3.05) is 13.1 Å². The Balaban J connectivity index is 2.20. The van der Waals surface area contributed by atoms with E-state index in [0.29, 0.717) is 19.3 Å². The Morgan fingerprint density at radius 1 is 1.32 bits per heavy atom. The van der Waals surface area contributed by atoms with E-state index in [4.69, 9.17) is 5.21 Å². The van der Waals surface area contributed by atoms with Crippen LogP contribution in [0.25, 0.3) is 0 Å². The summed E-state index contributed by atoms with van der Waals surface area (Å²) in [6.07, 6.45) is -2.69. The summed E-state index contributed by atoms with van der Waals surface area (Å²) in [5.74, 6) is -1.25. The van der Waals surface area contributed by atoms with Crippen molar-refractivity contribution in [3.8, 4) is 0 Å². The molecule has 2 rings (SSSR count). The van der Waals surface area contributed by atoms with Crippen molar-refractivity contribution in [1.82, 2.24) is 10.4 Å². The van der Waals surface area contributed by atoms with E-state index < -0.39 is 30.0 Å². The van der Waals surface area contributed by atoms with Crippen LogP contribution in [-0.4, -0.2) is 41.2 Å². The predicted molar refractivity (Wildman–Crippen MR) is 84.1 cm³/mol. The summed E-state index contributed by atoms with van der Waals surface area (Å²) >= 11 is 0. The molecular formula is C17H21F3N2O3. The highest BCUT2D eigenvalue weighted by atomic mass is 19.4. The van der Waals surface area contributed by atoms with Gasteiger partial charge in [0, 0.05) is 19.0 Å². The molecule has 1 aliphatic rings. The average Bonchev–Trinajstić information content (AvgIpc) is 2.51. The molecule has 8 heteroatoms. The van der Waals surface area contributed by atoms with Gasteiger partial charge in [-0.15, -0.1) is 0 Å². The Morgan fingerprint density at radius 3 is 2.56 bits per heavy atom. The molecule has 1 aliphatic carbocycles. The van der Waals surface area contributed by atoms with E-state index >= 15 is 0 Å². The van der Waals surface area contributed by atoms with Gasteiger partial charge in [-0.2, -0.15) is 13.2 Å². The van der Waals surface area contributed by atoms with Gasteiger partial charge in [-0.25, -0.2) is 5.48 Å². The number of fused-ring (bicyclic) bond motifs is 1. The minimum absolute atomic E-state index is 0.00227. The van der Waals surface area contributed by atoms with E-state index in [-0.39, 0.29) is 12.1 Å². The van der Waals surface area contributed by atoms with E-state index in [1.807, 2.05) is 6.92 Å². The Labute approximate surface area is 143 Å². The number of nitrogens with zero attached hydrogens (tertiary/aromatic N) is 1. The van der Waals surface area contributed by atoms with Gasteiger partial charge in [0.2, 0.25) is 5.91 Å². The number of halogens is 3. The summed E-state index contributed by atoms with van der Waals surface area (Å²) in [7, 11) is 0. The van der Waals surface area contributed by atoms with Crippen LogP contribution in [0.1, 0.15) is 41.8 Å². The van der Waals surface area contributed by atoms with Gasteiger partial charge in [0.05, 0.1) is 0 Å². The second-order valence-electron chi connectivity index (χ2n) is 6.90. The standard InChI is InChI=1S/C17H21F3N2O3/c1-11(23)22(10-17(18,19)20)9-16(2)6-5-12-3-4-13(15(24)21-25)7-14(12)8-16/h3-4,7,25H,5-6,8-10H2,1-2H3,(H,21,24). The third kappa shape index (κ3) is 4.94. The Morgan fingerprint density at radius 2 is 2.00 bits per heavy atom. The van der Waals surface area contributed by atoms with Gasteiger partial charge in [0.15, 0.2) is 0 Å². The van der Waals surface area contributed by atoms with Crippen molar-refractivity contribution in [2.45, 2.75) is 39.3 Å². The maximum atomic E-state index is 12.7. The summed E-state index contributed by atoms with van der Waals surface area (Å²) in [4.78, 5) is 24.0. The molecule has 0 heterocycles. The molecule has 1 aromatic carbocycles. The maximum absolute atomic E-state index is 12.7. The maximum Gasteiger partial charge on any atom is 0.406 e. The van der Waals surface area contributed by atoms with Crippen LogP contribution < -0.4 is 5.48 Å². The third-order valence-electron chi connectivity index (χ3n) is 4.57. The van der Waals surface area contributed by atoms with Crippen LogP contribution >= 0.6 is 0 Å². The van der Waals surface area contributed by atoms with E-state index in [1.54, 1.807) is 23.7 Å². The van der Waals surface area contributed by atoms with Gasteiger partial charge in [-0.05, 0) is 47.9 Å². The fourth-order valence-corrected chi connectivity index (χ4v) is 3.32. The van der Waals surface area contributed by atoms with Crippen LogP contribution in [0.2, 0.25) is 0 Å². The minimum atomic E-state index is -4.44. The predicted octanol–water partition coefficient (Wildman–Crippen LogP) is 2.71. The van der Waals surface area contributed by atoms with Crippen LogP contribution in [0.3, 0.4) is 0 Å². The molecule has 2 amide bonds. The molecule has 0 fully saturated rings. The SMILES string of the molecule is CC(=O)N(CC(F)(F)F)CC1(C)CCc2ccc(C(=O)NO)cc2C1. The van der Waals surface area contributed by atoms with E-state index in [2.05, 4.69) is 0 Å². The zero-order valence-corrected chi connectivity index (χ0v) is 14.1. The number of alkyl halides is 3. The van der Waals surface area contributed by atoms with Gasteiger partial charge in [-0.3, -0.25) is 14.8 Å². The first-order valence-electron chi connectivity index (χ1n) is 7.91. The van der Waals surface area contributed by atoms with Crippen LogP contribution in [0.5, 0.6) is 0 Å². The molecule has 0 bridgehead atoms. The second-order valence-corrected chi connectivity index (χ2v) is 6.90. The smallest absolute Gasteiger partial charge is 0.333 e. The normalized spacial score (nSPS) is 19.9. The van der Waals surface area contributed by atoms with Gasteiger partial charge < -0.3 is 4.90 Å². The monoisotopic (exact) mass is 358 g/mol. The first-order valence-corrected chi connectivity index (χ1v) is 7.91. The fraction of sp³-hybridized carbons (Fsp3) is 0.529. The lowest BCUT2D eigenvalue weighted by Gasteiger charge is -2.39. The van der Waals surface area contributed by atoms with Crippen molar-refractivity contribution in [3.63, 3.8) is 0 Å². The molecule has 0 spiro atoms. The van der Waals surface area contributed by atoms with Crippen molar-refractivity contribution >= 4 is 11.8 Å². The Bertz CT molecular complexity index is 676. The molecule has 138 valence electrons. The number of benzene rings is 1. The van der Waals surface area contributed by atoms with E-state index in [1.165, 1.54) is 0 Å². The number of amides is 2. The van der Waals surface area contributed by atoms with Crippen LogP contribution in [-0.2, 0) is 17.6 Å². The van der Waals surface area contributed by atoms with Crippen LogP contribution in [0.15, 0.2) is 18.2 Å². The van der Waals surface area contributed by atoms with Crippen LogP contribution in [0, 0.1) is 5.41 Å². The molecule has 25 heavy (non-hydrogen) atoms. The average molecular weight is 358 g/mol. The molecule has 5 nitrogen and oxygen atoms in total. The Hall–Kier alpha value is -2.09. The number of nitrogens with one attached hydrogen (secondary N) is 1. The topological polar surface area (TPSA) is 69.6 Å². The number of carbonyl (C=O) groups excluding carboxylic acids is 2. The molecule has 1 unspecified atom stereocenters. The van der Waals surface area contributed by atoms with Crippen molar-refractivity contribution in [3.05, 3.63) is 34.9 Å². The van der Waals surface area contributed by atoms with Gasteiger partial charge in [0.25, 0.3) is 5.91 Å². The molecule has 0 aromatic heterocycles. The summed E-state index contributed by atoms with van der Waals surface area (Å²) in [6, 6.07) is 5.02. The minimum Gasteiger partial charge on any atom is -0.333 e. The first kappa shape index (κ1) is 19.2. The molecule has 1 atom stereocenters. The number of aryl methyl sites for hydroxylation is 1. The van der Waals surface area contributed by atoms with Gasteiger partial charge in [0.1, 0.15) is 6.54 Å². The first-order chi connectivity index (χ1) is 11.5. The zero-order valence-electron chi connectivity index (χ0n) is 14.1. The van der Waals surface area contributed by atoms with Crippen molar-refractivity contribution < 1.29 is 28.0 Å². The lowest BCUT2D eigenvalue weighted by atomic mass is 9.72. The largest absolute Gasteiger partial charge is 0.406 e. The number of hydrogen-bond acceptors (Lipinski definition) is 3. The van der Waals surface area contributed by atoms with Crippen molar-refractivity contribution in [2.24, 2.45) is 5.41 Å². The number of rotatable bonds is 4. The molecule has 0 saturated carbocycles. The van der Waals surface area contributed by atoms with E-state index in [0.717, 1.165) is 23.0 Å². The third-order valence-corrected chi connectivity index (χ3v) is 4.57. The summed E-state index contributed by atoms with van der Waals surface area (Å²) in [6.45, 7) is 1.71. The molecule has 2 N–H and O–H groups in total. The lowest BCUT2D eigenvalue weighted by molar-refractivity contribution is -0.162. The van der Waals surface area contributed by atoms with Gasteiger partial charge >= 0.3 is 6.18 Å². The molecule has 0 saturated heterocycles. The van der Waals surface area contributed by atoms with Crippen LogP contribution in [0.4, 0.5) is 13.2 Å². The molecule has 0 aliphatic heterocycles. The summed E-state index contributed by atoms with van der Waals surface area (Å²) < 4.78 is 38.1. The number of hydrogen-bond donors (Lipinski definition) is 2. The zero-order chi connectivity index (χ0) is 18.8. The fourth-order valence-electron chi connectivity index (χ4n) is 3.32. The highest BCUT2D eigenvalue weighted by Gasteiger charge is 2.37. The van der Waals surface area contributed by atoms with Crippen molar-refractivity contribution in [1.29, 1.82) is 0 Å². The Kier molecular flexibility index (Phi) is 5.41. The second kappa shape index (κ2) is 7.03. The molecule has 0 radical (unpaired) electrons. The summed E-state index contributed by atoms with van der Waals surface area (Å²) in [5.41, 5.74) is 3.21. The summed E-state index contributed by atoms with van der Waals surface area (Å²) in [5, 5.41) is 8.73. The molecule has 1 aromatic rings. The quantitative estimate of drug-likeness (QED) is 0.642. The number of hydroxylamine groups is 1.